The van der Waals surface area contributed by atoms with E-state index in [1.54, 1.807) is 0 Å². The summed E-state index contributed by atoms with van der Waals surface area (Å²) in [4.78, 5) is 10.9. The fraction of sp³-hybridized carbons (Fsp3) is 0.692. The molecule has 0 aromatic carbocycles. The number of anilines is 1. The number of aromatic nitrogens is 2. The van der Waals surface area contributed by atoms with Gasteiger partial charge in [-0.25, -0.2) is 9.97 Å². The number of hydrogen-bond acceptors (Lipinski definition) is 4. The maximum absolute atomic E-state index is 10.2. The minimum Gasteiger partial charge on any atom is -0.386 e. The maximum atomic E-state index is 10.2. The molecule has 1 N–H and O–H groups in total. The molecule has 1 fully saturated rings. The largest absolute Gasteiger partial charge is 0.386 e. The van der Waals surface area contributed by atoms with E-state index in [-0.39, 0.29) is 0 Å². The third-order valence-electron chi connectivity index (χ3n) is 3.25. The number of rotatable bonds is 4. The van der Waals surface area contributed by atoms with Gasteiger partial charge >= 0.3 is 0 Å². The van der Waals surface area contributed by atoms with Crippen molar-refractivity contribution in [1.82, 2.24) is 9.97 Å². The van der Waals surface area contributed by atoms with E-state index in [1.165, 1.54) is 0 Å². The van der Waals surface area contributed by atoms with Crippen molar-refractivity contribution in [3.63, 3.8) is 0 Å². The van der Waals surface area contributed by atoms with Gasteiger partial charge in [-0.1, -0.05) is 20.3 Å². The molecule has 2 heterocycles. The maximum Gasteiger partial charge on any atom is 0.132 e. The summed E-state index contributed by atoms with van der Waals surface area (Å²) >= 11 is 0. The van der Waals surface area contributed by atoms with E-state index in [0.717, 1.165) is 36.6 Å². The zero-order chi connectivity index (χ0) is 12.5. The molecule has 2 rings (SSSR count). The highest BCUT2D eigenvalue weighted by molar-refractivity contribution is 5.45. The lowest BCUT2D eigenvalue weighted by atomic mass is 9.89. The smallest absolute Gasteiger partial charge is 0.132 e. The van der Waals surface area contributed by atoms with Crippen molar-refractivity contribution in [1.29, 1.82) is 0 Å². The minimum absolute atomic E-state index is 0.500. The Morgan fingerprint density at radius 1 is 1.35 bits per heavy atom. The number of aliphatic hydroxyl groups is 1. The molecule has 17 heavy (non-hydrogen) atoms. The lowest BCUT2D eigenvalue weighted by molar-refractivity contribution is 0.00290. The van der Waals surface area contributed by atoms with Crippen LogP contribution < -0.4 is 4.90 Å². The predicted molar refractivity (Wildman–Crippen MR) is 68.2 cm³/mol. The van der Waals surface area contributed by atoms with E-state index in [1.807, 2.05) is 13.0 Å². The van der Waals surface area contributed by atoms with Gasteiger partial charge in [-0.15, -0.1) is 0 Å². The van der Waals surface area contributed by atoms with Crippen LogP contribution in [0.5, 0.6) is 0 Å². The first-order valence-electron chi connectivity index (χ1n) is 6.38. The zero-order valence-electron chi connectivity index (χ0n) is 10.9. The van der Waals surface area contributed by atoms with Crippen molar-refractivity contribution >= 4 is 5.82 Å². The molecular weight excluding hydrogens is 214 g/mol. The molecule has 0 amide bonds. The molecule has 4 heteroatoms. The van der Waals surface area contributed by atoms with Crippen molar-refractivity contribution in [2.75, 3.05) is 18.0 Å². The van der Waals surface area contributed by atoms with Gasteiger partial charge in [0.2, 0.25) is 0 Å². The molecular formula is C13H21N3O. The fourth-order valence-electron chi connectivity index (χ4n) is 2.40. The Labute approximate surface area is 103 Å². The monoisotopic (exact) mass is 235 g/mol. The van der Waals surface area contributed by atoms with Crippen LogP contribution in [0.4, 0.5) is 5.82 Å². The number of aryl methyl sites for hydroxylation is 2. The number of β-amino-alcohol motifs (C(OH)–C–C–N with tert-alkyl or cyclic N) is 1. The van der Waals surface area contributed by atoms with Gasteiger partial charge in [0, 0.05) is 24.8 Å². The Morgan fingerprint density at radius 2 is 2.06 bits per heavy atom. The Morgan fingerprint density at radius 3 is 2.65 bits per heavy atom. The zero-order valence-corrected chi connectivity index (χ0v) is 10.9. The molecule has 0 bridgehead atoms. The topological polar surface area (TPSA) is 49.2 Å². The van der Waals surface area contributed by atoms with Crippen molar-refractivity contribution in [3.8, 4) is 0 Å². The molecule has 1 aliphatic rings. The summed E-state index contributed by atoms with van der Waals surface area (Å²) in [5, 5.41) is 10.2. The standard InChI is InChI=1S/C13H21N3O/c1-4-6-13(17)8-16(9-13)12-7-11(5-2)14-10(3)15-12/h7,17H,4-6,8-9H2,1-3H3. The van der Waals surface area contributed by atoms with E-state index in [0.29, 0.717) is 13.1 Å². The number of nitrogens with zero attached hydrogens (tertiary/aromatic N) is 3. The molecule has 1 aromatic heterocycles. The average molecular weight is 235 g/mol. The Bertz CT molecular complexity index is 400. The first-order chi connectivity index (χ1) is 8.06. The van der Waals surface area contributed by atoms with Gasteiger partial charge in [-0.3, -0.25) is 0 Å². The van der Waals surface area contributed by atoms with Crippen LogP contribution in [0.25, 0.3) is 0 Å². The van der Waals surface area contributed by atoms with Crippen molar-refractivity contribution in [2.45, 2.75) is 45.6 Å². The highest BCUT2D eigenvalue weighted by Gasteiger charge is 2.40. The van der Waals surface area contributed by atoms with E-state index < -0.39 is 5.60 Å². The quantitative estimate of drug-likeness (QED) is 0.863. The molecule has 0 aliphatic carbocycles. The summed E-state index contributed by atoms with van der Waals surface area (Å²) < 4.78 is 0. The van der Waals surface area contributed by atoms with E-state index >= 15 is 0 Å². The summed E-state index contributed by atoms with van der Waals surface area (Å²) in [7, 11) is 0. The molecule has 0 unspecified atom stereocenters. The normalized spacial score (nSPS) is 18.0. The highest BCUT2D eigenvalue weighted by Crippen LogP contribution is 2.29. The molecule has 1 saturated heterocycles. The van der Waals surface area contributed by atoms with Gasteiger partial charge in [0.1, 0.15) is 11.6 Å². The number of hydrogen-bond donors (Lipinski definition) is 1. The molecule has 0 atom stereocenters. The first kappa shape index (κ1) is 12.3. The van der Waals surface area contributed by atoms with E-state index in [2.05, 4.69) is 28.7 Å². The van der Waals surface area contributed by atoms with Crippen LogP contribution in [0.3, 0.4) is 0 Å². The van der Waals surface area contributed by atoms with E-state index in [9.17, 15) is 5.11 Å². The van der Waals surface area contributed by atoms with Crippen LogP contribution in [0, 0.1) is 6.92 Å². The van der Waals surface area contributed by atoms with Gasteiger partial charge in [-0.2, -0.15) is 0 Å². The van der Waals surface area contributed by atoms with E-state index in [4.69, 9.17) is 0 Å². The molecule has 0 saturated carbocycles. The molecule has 0 radical (unpaired) electrons. The van der Waals surface area contributed by atoms with Gasteiger partial charge in [0.05, 0.1) is 5.60 Å². The molecule has 1 aromatic rings. The lowest BCUT2D eigenvalue weighted by Crippen LogP contribution is -2.62. The lowest BCUT2D eigenvalue weighted by Gasteiger charge is -2.47. The van der Waals surface area contributed by atoms with Gasteiger partial charge < -0.3 is 10.0 Å². The Kier molecular flexibility index (Phi) is 3.33. The Balaban J connectivity index is 2.08. The minimum atomic E-state index is -0.500. The second-order valence-electron chi connectivity index (χ2n) is 4.95. The summed E-state index contributed by atoms with van der Waals surface area (Å²) in [6, 6.07) is 2.03. The van der Waals surface area contributed by atoms with Crippen LogP contribution in [0.2, 0.25) is 0 Å². The van der Waals surface area contributed by atoms with Gasteiger partial charge in [0.25, 0.3) is 0 Å². The van der Waals surface area contributed by atoms with Crippen LogP contribution in [-0.2, 0) is 6.42 Å². The van der Waals surface area contributed by atoms with Crippen molar-refractivity contribution < 1.29 is 5.11 Å². The molecule has 94 valence electrons. The van der Waals surface area contributed by atoms with Crippen molar-refractivity contribution in [3.05, 3.63) is 17.6 Å². The second kappa shape index (κ2) is 4.61. The summed E-state index contributed by atoms with van der Waals surface area (Å²) in [6.07, 6.45) is 2.81. The third kappa shape index (κ3) is 2.57. The van der Waals surface area contributed by atoms with Crippen LogP contribution in [0.15, 0.2) is 6.07 Å². The molecule has 1 aliphatic heterocycles. The Hall–Kier alpha value is -1.16. The highest BCUT2D eigenvalue weighted by atomic mass is 16.3. The van der Waals surface area contributed by atoms with Crippen LogP contribution in [0.1, 0.15) is 38.2 Å². The second-order valence-corrected chi connectivity index (χ2v) is 4.95. The fourth-order valence-corrected chi connectivity index (χ4v) is 2.40. The van der Waals surface area contributed by atoms with Gasteiger partial charge in [0.15, 0.2) is 0 Å². The van der Waals surface area contributed by atoms with Crippen LogP contribution >= 0.6 is 0 Å². The average Bonchev–Trinajstić information content (AvgIpc) is 2.25. The summed E-state index contributed by atoms with van der Waals surface area (Å²) in [5.74, 6) is 1.76. The third-order valence-corrected chi connectivity index (χ3v) is 3.25. The molecule has 0 spiro atoms. The van der Waals surface area contributed by atoms with Gasteiger partial charge in [-0.05, 0) is 19.8 Å². The predicted octanol–water partition coefficient (Wildman–Crippen LogP) is 1.70. The first-order valence-corrected chi connectivity index (χ1v) is 6.38. The summed E-state index contributed by atoms with van der Waals surface area (Å²) in [6.45, 7) is 7.50. The summed E-state index contributed by atoms with van der Waals surface area (Å²) in [5.41, 5.74) is 0.568. The SMILES string of the molecule is CCCC1(O)CN(c2cc(CC)nc(C)n2)C1. The van der Waals surface area contributed by atoms with Crippen molar-refractivity contribution in [2.24, 2.45) is 0 Å². The van der Waals surface area contributed by atoms with Crippen LogP contribution in [-0.4, -0.2) is 33.8 Å². The molecule has 4 nitrogen and oxygen atoms in total.